The number of piperidine rings is 1. The number of rotatable bonds is 8. The number of urea groups is 1. The van der Waals surface area contributed by atoms with E-state index >= 15 is 0 Å². The first-order chi connectivity index (χ1) is 16.9. The van der Waals surface area contributed by atoms with Crippen molar-refractivity contribution in [1.29, 1.82) is 0 Å². The van der Waals surface area contributed by atoms with Crippen LogP contribution in [0.5, 0.6) is 0 Å². The maximum atomic E-state index is 13.3. The number of hydrogen-bond acceptors (Lipinski definition) is 4. The molecule has 0 saturated carbocycles. The first kappa shape index (κ1) is 25.7. The molecule has 2 amide bonds. The van der Waals surface area contributed by atoms with Crippen molar-refractivity contribution < 1.29 is 14.6 Å². The molecule has 2 heterocycles. The van der Waals surface area contributed by atoms with Crippen LogP contribution in [0.2, 0.25) is 0 Å². The summed E-state index contributed by atoms with van der Waals surface area (Å²) in [6.07, 6.45) is 5.04. The van der Waals surface area contributed by atoms with Crippen LogP contribution in [0, 0.1) is 12.8 Å². The van der Waals surface area contributed by atoms with Gasteiger partial charge in [-0.1, -0.05) is 48.5 Å². The highest BCUT2D eigenvalue weighted by molar-refractivity contribution is 5.75. The van der Waals surface area contributed by atoms with Crippen molar-refractivity contribution in [2.45, 2.75) is 57.1 Å². The van der Waals surface area contributed by atoms with Crippen LogP contribution < -0.4 is 5.73 Å². The molecule has 4 rings (SSSR count). The number of unbranched alkanes of at least 4 members (excludes halogenated alkanes) is 1. The zero-order valence-corrected chi connectivity index (χ0v) is 21.3. The molecule has 0 aromatic heterocycles. The third-order valence-electron chi connectivity index (χ3n) is 7.85. The zero-order valence-electron chi connectivity index (χ0n) is 21.3. The van der Waals surface area contributed by atoms with Crippen molar-refractivity contribution in [3.63, 3.8) is 0 Å². The molecule has 2 aliphatic rings. The number of carbonyl (C=O) groups is 1. The second kappa shape index (κ2) is 11.5. The summed E-state index contributed by atoms with van der Waals surface area (Å²) in [6, 6.07) is 16.8. The number of benzene rings is 2. The maximum absolute atomic E-state index is 13.3. The largest absolute Gasteiger partial charge is 0.385 e. The number of aliphatic hydroxyl groups is 1. The molecule has 35 heavy (non-hydrogen) atoms. The predicted molar refractivity (Wildman–Crippen MR) is 140 cm³/mol. The zero-order chi connectivity index (χ0) is 24.8. The Morgan fingerprint density at radius 2 is 1.74 bits per heavy atom. The van der Waals surface area contributed by atoms with Crippen LogP contribution in [0.1, 0.15) is 49.7 Å². The summed E-state index contributed by atoms with van der Waals surface area (Å²) >= 11 is 0. The number of methoxy groups -OCH3 is 1. The summed E-state index contributed by atoms with van der Waals surface area (Å²) < 4.78 is 5.28. The SMILES string of the molecule is COCCCC[C@@](O)(c1ccccc1-c1ccccc1C)[C@@H]1CCCN(C(=O)N2CC[C@H](N)C2)C1. The van der Waals surface area contributed by atoms with E-state index in [1.54, 1.807) is 7.11 Å². The minimum Gasteiger partial charge on any atom is -0.385 e. The number of aryl methyl sites for hydroxylation is 1. The first-order valence-electron chi connectivity index (χ1n) is 13.1. The second-order valence-corrected chi connectivity index (χ2v) is 10.3. The Kier molecular flexibility index (Phi) is 8.47. The molecule has 6 heteroatoms. The molecular weight excluding hydrogens is 438 g/mol. The lowest BCUT2D eigenvalue weighted by Gasteiger charge is -2.44. The minimum atomic E-state index is -1.03. The van der Waals surface area contributed by atoms with Crippen LogP contribution in [0.3, 0.4) is 0 Å². The number of likely N-dealkylation sites (tertiary alicyclic amines) is 2. The number of nitrogens with two attached hydrogens (primary N) is 1. The summed E-state index contributed by atoms with van der Waals surface area (Å²) in [4.78, 5) is 17.1. The quantitative estimate of drug-likeness (QED) is 0.545. The highest BCUT2D eigenvalue weighted by Gasteiger charge is 2.43. The molecule has 0 radical (unpaired) electrons. The normalized spacial score (nSPS) is 22.3. The summed E-state index contributed by atoms with van der Waals surface area (Å²) in [7, 11) is 1.72. The van der Waals surface area contributed by atoms with Crippen LogP contribution in [0.25, 0.3) is 11.1 Å². The molecule has 2 saturated heterocycles. The van der Waals surface area contributed by atoms with Crippen molar-refractivity contribution in [3.05, 3.63) is 59.7 Å². The van der Waals surface area contributed by atoms with Gasteiger partial charge >= 0.3 is 6.03 Å². The van der Waals surface area contributed by atoms with Crippen molar-refractivity contribution in [3.8, 4) is 11.1 Å². The van der Waals surface area contributed by atoms with Crippen molar-refractivity contribution in [2.24, 2.45) is 11.7 Å². The molecular formula is C29H41N3O3. The van der Waals surface area contributed by atoms with E-state index in [-0.39, 0.29) is 18.0 Å². The number of hydrogen-bond donors (Lipinski definition) is 2. The van der Waals surface area contributed by atoms with Gasteiger partial charge in [0, 0.05) is 51.9 Å². The first-order valence-corrected chi connectivity index (χ1v) is 13.1. The van der Waals surface area contributed by atoms with E-state index in [4.69, 9.17) is 10.5 Å². The van der Waals surface area contributed by atoms with E-state index in [2.05, 4.69) is 37.3 Å². The van der Waals surface area contributed by atoms with Gasteiger partial charge in [-0.2, -0.15) is 0 Å². The summed E-state index contributed by atoms with van der Waals surface area (Å²) in [6.45, 7) is 5.44. The van der Waals surface area contributed by atoms with Gasteiger partial charge in [0.05, 0.1) is 5.60 Å². The third kappa shape index (κ3) is 5.71. The number of ether oxygens (including phenoxy) is 1. The van der Waals surface area contributed by atoms with Crippen molar-refractivity contribution in [2.75, 3.05) is 39.9 Å². The van der Waals surface area contributed by atoms with Gasteiger partial charge in [0.15, 0.2) is 0 Å². The van der Waals surface area contributed by atoms with Gasteiger partial charge in [-0.25, -0.2) is 4.79 Å². The fourth-order valence-corrected chi connectivity index (χ4v) is 5.87. The molecule has 3 N–H and O–H groups in total. The molecule has 0 spiro atoms. The number of amides is 2. The van der Waals surface area contributed by atoms with Crippen molar-refractivity contribution in [1.82, 2.24) is 9.80 Å². The van der Waals surface area contributed by atoms with E-state index < -0.39 is 5.60 Å². The summed E-state index contributed by atoms with van der Waals surface area (Å²) in [5.74, 6) is -0.0378. The maximum Gasteiger partial charge on any atom is 0.320 e. The molecule has 2 aromatic rings. The van der Waals surface area contributed by atoms with Gasteiger partial charge in [0.25, 0.3) is 0 Å². The van der Waals surface area contributed by atoms with Crippen LogP contribution in [-0.4, -0.2) is 66.9 Å². The Bertz CT molecular complexity index is 997. The fraction of sp³-hybridized carbons (Fsp3) is 0.552. The summed E-state index contributed by atoms with van der Waals surface area (Å²) in [5, 5.41) is 12.5. The van der Waals surface area contributed by atoms with E-state index in [1.165, 1.54) is 5.56 Å². The lowest BCUT2D eigenvalue weighted by atomic mass is 9.72. The molecule has 0 bridgehead atoms. The Morgan fingerprint density at radius 3 is 2.46 bits per heavy atom. The van der Waals surface area contributed by atoms with Gasteiger partial charge in [0.1, 0.15) is 0 Å². The van der Waals surface area contributed by atoms with E-state index in [9.17, 15) is 9.90 Å². The number of nitrogens with zero attached hydrogens (tertiary/aromatic N) is 2. The molecule has 190 valence electrons. The fourth-order valence-electron chi connectivity index (χ4n) is 5.87. The molecule has 2 aromatic carbocycles. The highest BCUT2D eigenvalue weighted by atomic mass is 16.5. The monoisotopic (exact) mass is 479 g/mol. The Hall–Kier alpha value is -2.41. The molecule has 2 aliphatic heterocycles. The Balaban J connectivity index is 1.65. The second-order valence-electron chi connectivity index (χ2n) is 10.3. The van der Waals surface area contributed by atoms with E-state index in [0.29, 0.717) is 26.1 Å². The van der Waals surface area contributed by atoms with E-state index in [1.807, 2.05) is 28.0 Å². The van der Waals surface area contributed by atoms with Gasteiger partial charge in [-0.15, -0.1) is 0 Å². The lowest BCUT2D eigenvalue weighted by Crippen LogP contribution is -2.51. The van der Waals surface area contributed by atoms with Crippen molar-refractivity contribution >= 4 is 6.03 Å². The molecule has 2 fully saturated rings. The van der Waals surface area contributed by atoms with Crippen LogP contribution >= 0.6 is 0 Å². The topological polar surface area (TPSA) is 79.0 Å². The Morgan fingerprint density at radius 1 is 1.03 bits per heavy atom. The lowest BCUT2D eigenvalue weighted by molar-refractivity contribution is -0.0571. The van der Waals surface area contributed by atoms with Crippen LogP contribution in [0.15, 0.2) is 48.5 Å². The average molecular weight is 480 g/mol. The molecule has 0 aliphatic carbocycles. The average Bonchev–Trinajstić information content (AvgIpc) is 3.32. The Labute approximate surface area is 210 Å². The van der Waals surface area contributed by atoms with Gasteiger partial charge < -0.3 is 25.4 Å². The molecule has 6 nitrogen and oxygen atoms in total. The van der Waals surface area contributed by atoms with E-state index in [0.717, 1.165) is 61.9 Å². The molecule has 3 atom stereocenters. The van der Waals surface area contributed by atoms with Gasteiger partial charge in [-0.05, 0) is 67.7 Å². The smallest absolute Gasteiger partial charge is 0.320 e. The standard InChI is InChI=1S/C29H41N3O3/c1-22-10-3-4-12-25(22)26-13-5-6-14-27(26)29(34,16-7-8-19-35-2)23-11-9-17-31(20-23)28(33)32-18-15-24(30)21-32/h3-6,10,12-14,23-24,34H,7-9,11,15-21,30H2,1-2H3/t23-,24+,29+/m1/s1. The minimum absolute atomic E-state index is 0.0378. The summed E-state index contributed by atoms with van der Waals surface area (Å²) in [5.41, 5.74) is 9.41. The van der Waals surface area contributed by atoms with Crippen LogP contribution in [0.4, 0.5) is 4.79 Å². The number of carbonyl (C=O) groups excluding carboxylic acids is 1. The highest BCUT2D eigenvalue weighted by Crippen LogP contribution is 2.44. The van der Waals surface area contributed by atoms with Crippen LogP contribution in [-0.2, 0) is 10.3 Å². The van der Waals surface area contributed by atoms with Gasteiger partial charge in [0.2, 0.25) is 0 Å². The predicted octanol–water partition coefficient (Wildman–Crippen LogP) is 4.53. The third-order valence-corrected chi connectivity index (χ3v) is 7.85. The molecule has 0 unspecified atom stereocenters. The van der Waals surface area contributed by atoms with Gasteiger partial charge in [-0.3, -0.25) is 0 Å².